The molecular weight excluding hydrogens is 404 g/mol. The third-order valence-corrected chi connectivity index (χ3v) is 6.16. The van der Waals surface area contributed by atoms with E-state index in [-0.39, 0.29) is 29.7 Å². The summed E-state index contributed by atoms with van der Waals surface area (Å²) in [6.07, 6.45) is 0.202. The highest BCUT2D eigenvalue weighted by Crippen LogP contribution is 2.45. The summed E-state index contributed by atoms with van der Waals surface area (Å²) in [7, 11) is 2.85. The van der Waals surface area contributed by atoms with Crippen molar-refractivity contribution in [2.45, 2.75) is 18.9 Å². The van der Waals surface area contributed by atoms with Crippen LogP contribution in [0.3, 0.4) is 0 Å². The molecule has 1 unspecified atom stereocenters. The second kappa shape index (κ2) is 8.16. The van der Waals surface area contributed by atoms with E-state index in [1.165, 1.54) is 16.6 Å². The molecule has 2 aromatic carbocycles. The van der Waals surface area contributed by atoms with Crippen molar-refractivity contribution in [1.29, 1.82) is 0 Å². The summed E-state index contributed by atoms with van der Waals surface area (Å²) >= 11 is 1.05. The van der Waals surface area contributed by atoms with Gasteiger partial charge >= 0.3 is 10.8 Å². The van der Waals surface area contributed by atoms with E-state index in [4.69, 9.17) is 9.47 Å². The highest BCUT2D eigenvalue weighted by Gasteiger charge is 2.38. The molecule has 7 nitrogen and oxygen atoms in total. The van der Waals surface area contributed by atoms with Gasteiger partial charge in [0.1, 0.15) is 18.1 Å². The topological polar surface area (TPSA) is 77.8 Å². The smallest absolute Gasteiger partial charge is 0.325 e. The number of benzene rings is 2. The maximum atomic E-state index is 13.3. The Morgan fingerprint density at radius 1 is 1.10 bits per heavy atom. The van der Waals surface area contributed by atoms with Crippen molar-refractivity contribution in [3.8, 4) is 5.75 Å². The third-order valence-electron chi connectivity index (χ3n) is 5.08. The van der Waals surface area contributed by atoms with Gasteiger partial charge in [0.15, 0.2) is 0 Å². The number of thiazole rings is 1. The van der Waals surface area contributed by atoms with E-state index >= 15 is 0 Å². The first-order valence-electron chi connectivity index (χ1n) is 9.35. The van der Waals surface area contributed by atoms with Crippen molar-refractivity contribution >= 4 is 34.7 Å². The number of aromatic nitrogens is 1. The molecule has 0 radical (unpaired) electrons. The number of hydrogen-bond donors (Lipinski definition) is 0. The number of carbonyl (C=O) groups is 2. The first-order chi connectivity index (χ1) is 14.5. The average molecular weight is 424 g/mol. The predicted octanol–water partition coefficient (Wildman–Crippen LogP) is 3.29. The van der Waals surface area contributed by atoms with Crippen LogP contribution in [0.15, 0.2) is 59.4 Å². The molecule has 1 aliphatic heterocycles. The standard InChI is InChI=1S/C22H20N2O5S/c1-28-16-10-6-7-14(11-16)17-12-18(25)24(15-8-4-3-5-9-15)21-20(17)30-22(27)23(21)13-19(26)29-2/h3-11,17H,12-13H2,1-2H3. The Labute approximate surface area is 177 Å². The summed E-state index contributed by atoms with van der Waals surface area (Å²) in [4.78, 5) is 40.1. The molecule has 1 aromatic heterocycles. The van der Waals surface area contributed by atoms with E-state index < -0.39 is 5.97 Å². The molecule has 1 amide bonds. The van der Waals surface area contributed by atoms with E-state index in [1.807, 2.05) is 42.5 Å². The van der Waals surface area contributed by atoms with Gasteiger partial charge in [-0.15, -0.1) is 0 Å². The number of fused-ring (bicyclic) bond motifs is 1. The van der Waals surface area contributed by atoms with Gasteiger partial charge < -0.3 is 9.47 Å². The number of methoxy groups -OCH3 is 2. The van der Waals surface area contributed by atoms with Gasteiger partial charge in [-0.1, -0.05) is 41.7 Å². The summed E-state index contributed by atoms with van der Waals surface area (Å²) in [5, 5.41) is 0. The molecule has 0 saturated heterocycles. The van der Waals surface area contributed by atoms with Crippen LogP contribution in [0.5, 0.6) is 5.75 Å². The zero-order valence-electron chi connectivity index (χ0n) is 16.5. The number of amides is 1. The highest BCUT2D eigenvalue weighted by atomic mass is 32.1. The van der Waals surface area contributed by atoms with Gasteiger partial charge in [0.2, 0.25) is 5.91 Å². The summed E-state index contributed by atoms with van der Waals surface area (Å²) in [5.74, 6) is 0.0813. The van der Waals surface area contributed by atoms with Gasteiger partial charge in [-0.3, -0.25) is 23.9 Å². The van der Waals surface area contributed by atoms with Crippen molar-refractivity contribution in [2.24, 2.45) is 0 Å². The van der Waals surface area contributed by atoms with Crippen LogP contribution in [0.1, 0.15) is 22.8 Å². The van der Waals surface area contributed by atoms with Crippen LogP contribution < -0.4 is 14.5 Å². The Morgan fingerprint density at radius 2 is 1.87 bits per heavy atom. The Kier molecular flexibility index (Phi) is 5.41. The van der Waals surface area contributed by atoms with E-state index in [0.717, 1.165) is 21.8 Å². The van der Waals surface area contributed by atoms with Crippen molar-refractivity contribution in [2.75, 3.05) is 19.1 Å². The Bertz CT molecular complexity index is 1150. The number of hydrogen-bond acceptors (Lipinski definition) is 6. The summed E-state index contributed by atoms with van der Waals surface area (Å²) < 4.78 is 11.4. The van der Waals surface area contributed by atoms with Crippen LogP contribution in [0, 0.1) is 0 Å². The second-order valence-corrected chi connectivity index (χ2v) is 7.81. The lowest BCUT2D eigenvalue weighted by Gasteiger charge is -2.32. The number of esters is 1. The van der Waals surface area contributed by atoms with Crippen LogP contribution in [-0.2, 0) is 20.9 Å². The monoisotopic (exact) mass is 424 g/mol. The van der Waals surface area contributed by atoms with Crippen LogP contribution in [0.2, 0.25) is 0 Å². The molecule has 0 aliphatic carbocycles. The fraction of sp³-hybridized carbons (Fsp3) is 0.227. The lowest BCUT2D eigenvalue weighted by Crippen LogP contribution is -2.36. The molecule has 1 aliphatic rings. The molecule has 0 fully saturated rings. The van der Waals surface area contributed by atoms with Gasteiger partial charge in [-0.05, 0) is 29.8 Å². The van der Waals surface area contributed by atoms with Crippen LogP contribution in [0.4, 0.5) is 11.5 Å². The lowest BCUT2D eigenvalue weighted by molar-refractivity contribution is -0.141. The fourth-order valence-electron chi connectivity index (χ4n) is 3.65. The van der Waals surface area contributed by atoms with Crippen LogP contribution in [0.25, 0.3) is 0 Å². The van der Waals surface area contributed by atoms with Crippen molar-refractivity contribution < 1.29 is 19.1 Å². The largest absolute Gasteiger partial charge is 0.497 e. The maximum Gasteiger partial charge on any atom is 0.325 e. The van der Waals surface area contributed by atoms with Gasteiger partial charge in [0.25, 0.3) is 0 Å². The van der Waals surface area contributed by atoms with Gasteiger partial charge in [0, 0.05) is 12.3 Å². The number of ether oxygens (including phenoxy) is 2. The number of nitrogens with zero attached hydrogens (tertiary/aromatic N) is 2. The number of para-hydroxylation sites is 1. The molecule has 1 atom stereocenters. The minimum atomic E-state index is -0.554. The van der Waals surface area contributed by atoms with Gasteiger partial charge in [-0.2, -0.15) is 0 Å². The third kappa shape index (κ3) is 3.50. The molecular formula is C22H20N2O5S. The van der Waals surface area contributed by atoms with Crippen molar-refractivity contribution in [3.05, 3.63) is 74.7 Å². The van der Waals surface area contributed by atoms with E-state index in [0.29, 0.717) is 17.3 Å². The Hall–Kier alpha value is -3.39. The van der Waals surface area contributed by atoms with Gasteiger partial charge in [0.05, 0.1) is 24.8 Å². The van der Waals surface area contributed by atoms with E-state index in [1.54, 1.807) is 19.2 Å². The van der Waals surface area contributed by atoms with Crippen LogP contribution in [-0.4, -0.2) is 30.7 Å². The molecule has 0 N–H and O–H groups in total. The van der Waals surface area contributed by atoms with E-state index in [9.17, 15) is 14.4 Å². The van der Waals surface area contributed by atoms with Crippen molar-refractivity contribution in [1.82, 2.24) is 4.57 Å². The predicted molar refractivity (Wildman–Crippen MR) is 114 cm³/mol. The first kappa shape index (κ1) is 19.9. The zero-order valence-corrected chi connectivity index (χ0v) is 17.3. The molecule has 154 valence electrons. The quantitative estimate of drug-likeness (QED) is 0.588. The lowest BCUT2D eigenvalue weighted by atomic mass is 9.90. The number of carbonyl (C=O) groups excluding carboxylic acids is 2. The zero-order chi connectivity index (χ0) is 21.3. The highest BCUT2D eigenvalue weighted by molar-refractivity contribution is 7.10. The number of rotatable bonds is 5. The molecule has 0 spiro atoms. The Morgan fingerprint density at radius 3 is 2.57 bits per heavy atom. The number of anilines is 2. The summed E-state index contributed by atoms with van der Waals surface area (Å²) in [6, 6.07) is 16.6. The van der Waals surface area contributed by atoms with Gasteiger partial charge in [-0.25, -0.2) is 0 Å². The molecule has 2 heterocycles. The minimum absolute atomic E-state index is 0.155. The molecule has 0 bridgehead atoms. The second-order valence-electron chi connectivity index (χ2n) is 6.82. The van der Waals surface area contributed by atoms with Crippen molar-refractivity contribution in [3.63, 3.8) is 0 Å². The minimum Gasteiger partial charge on any atom is -0.497 e. The fourth-order valence-corrected chi connectivity index (χ4v) is 4.76. The maximum absolute atomic E-state index is 13.3. The Balaban J connectivity index is 1.91. The van der Waals surface area contributed by atoms with E-state index in [2.05, 4.69) is 0 Å². The normalized spacial score (nSPS) is 15.6. The molecule has 8 heteroatoms. The first-order valence-corrected chi connectivity index (χ1v) is 10.2. The molecule has 30 heavy (non-hydrogen) atoms. The molecule has 3 aromatic rings. The summed E-state index contributed by atoms with van der Waals surface area (Å²) in [6.45, 7) is -0.261. The SMILES string of the molecule is COC(=O)Cn1c2c(sc1=O)C(c1cccc(OC)c1)CC(=O)N2c1ccccc1. The average Bonchev–Trinajstić information content (AvgIpc) is 3.09. The summed E-state index contributed by atoms with van der Waals surface area (Å²) in [5.41, 5.74) is 1.52. The van der Waals surface area contributed by atoms with Crippen LogP contribution >= 0.6 is 11.3 Å². The molecule has 4 rings (SSSR count). The molecule has 0 saturated carbocycles.